The molecule has 2 N–H and O–H groups in total. The Morgan fingerprint density at radius 1 is 1.11 bits per heavy atom. The van der Waals surface area contributed by atoms with Crippen molar-refractivity contribution >= 4 is 23.2 Å². The molecule has 1 aliphatic rings. The number of aliphatic hydroxyl groups is 1. The number of hydrogen-bond acceptors (Lipinski definition) is 3. The zero-order chi connectivity index (χ0) is 20.2. The van der Waals surface area contributed by atoms with Crippen molar-refractivity contribution in [2.75, 3.05) is 25.0 Å². The predicted molar refractivity (Wildman–Crippen MR) is 115 cm³/mol. The highest BCUT2D eigenvalue weighted by atomic mass is 35.5. The van der Waals surface area contributed by atoms with Crippen LogP contribution in [0.4, 0.5) is 5.69 Å². The van der Waals surface area contributed by atoms with Crippen molar-refractivity contribution < 1.29 is 9.90 Å². The van der Waals surface area contributed by atoms with Gasteiger partial charge in [0.2, 0.25) is 5.91 Å². The van der Waals surface area contributed by atoms with Gasteiger partial charge in [-0.1, -0.05) is 48.5 Å². The number of anilines is 1. The first-order valence-corrected chi connectivity index (χ1v) is 10.3. The van der Waals surface area contributed by atoms with Gasteiger partial charge < -0.3 is 15.3 Å². The lowest BCUT2D eigenvalue weighted by Crippen LogP contribution is -2.57. The number of carbonyl (C=O) groups excluding carboxylic acids is 1. The van der Waals surface area contributed by atoms with Crippen LogP contribution in [0.25, 0.3) is 0 Å². The third-order valence-electron chi connectivity index (χ3n) is 6.03. The molecule has 1 amide bonds. The standard InChI is InChI=1S/C23H29ClN2O2/c1-22(2,21(27)25-19-11-7-4-8-12-19)23(28)13-15-26(16-14-23)17-20(24)18-9-5-3-6-10-18/h3-12,20,28H,13-17H2,1-2H3,(H,25,27). The Hall–Kier alpha value is -1.88. The van der Waals surface area contributed by atoms with Crippen molar-refractivity contribution in [2.24, 2.45) is 5.41 Å². The Labute approximate surface area is 172 Å². The predicted octanol–water partition coefficient (Wildman–Crippen LogP) is 4.46. The Balaban J connectivity index is 1.59. The second-order valence-corrected chi connectivity index (χ2v) is 8.68. The van der Waals surface area contributed by atoms with E-state index in [4.69, 9.17) is 11.6 Å². The lowest BCUT2D eigenvalue weighted by molar-refractivity contribution is -0.148. The molecule has 0 aliphatic carbocycles. The van der Waals surface area contributed by atoms with Gasteiger partial charge in [-0.25, -0.2) is 0 Å². The van der Waals surface area contributed by atoms with Crippen LogP contribution in [0.15, 0.2) is 60.7 Å². The van der Waals surface area contributed by atoms with E-state index in [-0.39, 0.29) is 11.3 Å². The van der Waals surface area contributed by atoms with Crippen LogP contribution in [0.5, 0.6) is 0 Å². The van der Waals surface area contributed by atoms with E-state index in [0.717, 1.165) is 17.8 Å². The Morgan fingerprint density at radius 2 is 1.64 bits per heavy atom. The minimum Gasteiger partial charge on any atom is -0.389 e. The molecule has 3 rings (SSSR count). The van der Waals surface area contributed by atoms with Crippen molar-refractivity contribution in [3.05, 3.63) is 66.2 Å². The third kappa shape index (κ3) is 4.57. The largest absolute Gasteiger partial charge is 0.389 e. The maximum atomic E-state index is 12.9. The lowest BCUT2D eigenvalue weighted by Gasteiger charge is -2.47. The van der Waals surface area contributed by atoms with E-state index in [1.54, 1.807) is 0 Å². The van der Waals surface area contributed by atoms with Crippen LogP contribution in [-0.4, -0.2) is 41.1 Å². The first-order valence-electron chi connectivity index (χ1n) is 9.82. The van der Waals surface area contributed by atoms with Gasteiger partial charge in [-0.05, 0) is 44.4 Å². The highest BCUT2D eigenvalue weighted by Crippen LogP contribution is 2.40. The van der Waals surface area contributed by atoms with Crippen LogP contribution >= 0.6 is 11.6 Å². The molecule has 28 heavy (non-hydrogen) atoms. The van der Waals surface area contributed by atoms with Gasteiger partial charge in [0.1, 0.15) is 0 Å². The SMILES string of the molecule is CC(C)(C(=O)Nc1ccccc1)C1(O)CCN(CC(Cl)c2ccccc2)CC1. The highest BCUT2D eigenvalue weighted by Gasteiger charge is 2.50. The molecule has 0 radical (unpaired) electrons. The molecule has 4 nitrogen and oxygen atoms in total. The van der Waals surface area contributed by atoms with Gasteiger partial charge in [0.15, 0.2) is 0 Å². The van der Waals surface area contributed by atoms with Crippen molar-refractivity contribution in [3.8, 4) is 0 Å². The van der Waals surface area contributed by atoms with Crippen molar-refractivity contribution in [2.45, 2.75) is 37.7 Å². The Kier molecular flexibility index (Phi) is 6.43. The first-order chi connectivity index (χ1) is 13.3. The average Bonchev–Trinajstić information content (AvgIpc) is 2.71. The number of alkyl halides is 1. The van der Waals surface area contributed by atoms with E-state index < -0.39 is 11.0 Å². The van der Waals surface area contributed by atoms with E-state index in [0.29, 0.717) is 25.9 Å². The fraction of sp³-hybridized carbons (Fsp3) is 0.435. The van der Waals surface area contributed by atoms with E-state index in [1.807, 2.05) is 74.5 Å². The number of halogens is 1. The van der Waals surface area contributed by atoms with Crippen molar-refractivity contribution in [1.29, 1.82) is 0 Å². The number of amides is 1. The number of hydrogen-bond donors (Lipinski definition) is 2. The van der Waals surface area contributed by atoms with Crippen LogP contribution in [0.3, 0.4) is 0 Å². The molecule has 5 heteroatoms. The van der Waals surface area contributed by atoms with E-state index >= 15 is 0 Å². The zero-order valence-corrected chi connectivity index (χ0v) is 17.3. The maximum absolute atomic E-state index is 12.9. The summed E-state index contributed by atoms with van der Waals surface area (Å²) in [5.74, 6) is -0.158. The molecular weight excluding hydrogens is 372 g/mol. The number of carbonyl (C=O) groups is 1. The normalized spacial score (nSPS) is 18.4. The van der Waals surface area contributed by atoms with Gasteiger partial charge in [-0.2, -0.15) is 0 Å². The molecule has 1 atom stereocenters. The summed E-state index contributed by atoms with van der Waals surface area (Å²) in [6.45, 7) is 5.83. The minimum atomic E-state index is -1.04. The molecule has 0 aromatic heterocycles. The topological polar surface area (TPSA) is 52.6 Å². The number of likely N-dealkylation sites (tertiary alicyclic amines) is 1. The van der Waals surface area contributed by atoms with Crippen LogP contribution in [0.1, 0.15) is 37.6 Å². The molecule has 2 aromatic rings. The minimum absolute atomic E-state index is 0.0817. The average molecular weight is 401 g/mol. The van der Waals surface area contributed by atoms with Crippen LogP contribution in [0.2, 0.25) is 0 Å². The molecule has 1 heterocycles. The van der Waals surface area contributed by atoms with Gasteiger partial charge in [0, 0.05) is 25.3 Å². The zero-order valence-electron chi connectivity index (χ0n) is 16.6. The number of benzene rings is 2. The molecular formula is C23H29ClN2O2. The third-order valence-corrected chi connectivity index (χ3v) is 6.42. The first kappa shape index (κ1) is 20.8. The van der Waals surface area contributed by atoms with Gasteiger partial charge in [0.05, 0.1) is 16.4 Å². The molecule has 1 unspecified atom stereocenters. The van der Waals surface area contributed by atoms with Crippen LogP contribution < -0.4 is 5.32 Å². The summed E-state index contributed by atoms with van der Waals surface area (Å²) in [4.78, 5) is 15.1. The molecule has 1 fully saturated rings. The number of piperidine rings is 1. The fourth-order valence-corrected chi connectivity index (χ4v) is 4.09. The monoisotopic (exact) mass is 400 g/mol. The van der Waals surface area contributed by atoms with Crippen molar-refractivity contribution in [3.63, 3.8) is 0 Å². The van der Waals surface area contributed by atoms with Gasteiger partial charge in [-0.3, -0.25) is 4.79 Å². The Morgan fingerprint density at radius 3 is 2.21 bits per heavy atom. The summed E-state index contributed by atoms with van der Waals surface area (Å²) in [7, 11) is 0. The molecule has 0 saturated carbocycles. The summed E-state index contributed by atoms with van der Waals surface area (Å²) in [6.07, 6.45) is 1.08. The van der Waals surface area contributed by atoms with Gasteiger partial charge >= 0.3 is 0 Å². The summed E-state index contributed by atoms with van der Waals surface area (Å²) in [6, 6.07) is 19.4. The van der Waals surface area contributed by atoms with Gasteiger partial charge in [0.25, 0.3) is 0 Å². The molecule has 150 valence electrons. The second-order valence-electron chi connectivity index (χ2n) is 8.16. The molecule has 1 aliphatic heterocycles. The van der Waals surface area contributed by atoms with E-state index in [2.05, 4.69) is 10.2 Å². The van der Waals surface area contributed by atoms with Crippen LogP contribution in [-0.2, 0) is 4.79 Å². The molecule has 2 aromatic carbocycles. The summed E-state index contributed by atoms with van der Waals surface area (Å²) in [5, 5.41) is 14.2. The number of nitrogens with zero attached hydrogens (tertiary/aromatic N) is 1. The van der Waals surface area contributed by atoms with Crippen molar-refractivity contribution in [1.82, 2.24) is 4.90 Å². The molecule has 0 bridgehead atoms. The number of para-hydroxylation sites is 1. The molecule has 1 saturated heterocycles. The molecule has 0 spiro atoms. The van der Waals surface area contributed by atoms with Gasteiger partial charge in [-0.15, -0.1) is 11.6 Å². The quantitative estimate of drug-likeness (QED) is 0.704. The smallest absolute Gasteiger partial charge is 0.232 e. The summed E-state index contributed by atoms with van der Waals surface area (Å²) >= 11 is 6.57. The fourth-order valence-electron chi connectivity index (χ4n) is 3.74. The number of nitrogens with one attached hydrogen (secondary N) is 1. The van der Waals surface area contributed by atoms with Crippen LogP contribution in [0, 0.1) is 5.41 Å². The Bertz CT molecular complexity index is 772. The van der Waals surface area contributed by atoms with E-state index in [1.165, 1.54) is 0 Å². The lowest BCUT2D eigenvalue weighted by atomic mass is 9.69. The highest BCUT2D eigenvalue weighted by molar-refractivity contribution is 6.21. The maximum Gasteiger partial charge on any atom is 0.232 e. The summed E-state index contributed by atoms with van der Waals surface area (Å²) < 4.78 is 0. The second kappa shape index (κ2) is 8.64. The summed E-state index contributed by atoms with van der Waals surface area (Å²) in [5.41, 5.74) is -0.0897. The number of rotatable bonds is 6. The van der Waals surface area contributed by atoms with E-state index in [9.17, 15) is 9.90 Å².